The molecule has 2 aromatic rings. The Balaban J connectivity index is 2.18. The molecular formula is C15H15F3N4O. The summed E-state index contributed by atoms with van der Waals surface area (Å²) >= 11 is 0. The second-order valence-corrected chi connectivity index (χ2v) is 4.92. The van der Waals surface area contributed by atoms with Gasteiger partial charge in [-0.05, 0) is 25.5 Å². The highest BCUT2D eigenvalue weighted by atomic mass is 19.2. The average molecular weight is 324 g/mol. The molecule has 0 aliphatic rings. The van der Waals surface area contributed by atoms with Gasteiger partial charge in [0.1, 0.15) is 17.8 Å². The molecule has 1 heterocycles. The lowest BCUT2D eigenvalue weighted by molar-refractivity contribution is 0.102. The molecule has 1 aromatic heterocycles. The summed E-state index contributed by atoms with van der Waals surface area (Å²) in [5, 5.41) is 5.21. The second-order valence-electron chi connectivity index (χ2n) is 4.92. The predicted molar refractivity (Wildman–Crippen MR) is 79.7 cm³/mol. The molecule has 1 amide bonds. The van der Waals surface area contributed by atoms with Crippen molar-refractivity contribution in [3.8, 4) is 0 Å². The Kier molecular flexibility index (Phi) is 5.15. The highest BCUT2D eigenvalue weighted by Gasteiger charge is 2.17. The minimum absolute atomic E-state index is 0.0325. The predicted octanol–water partition coefficient (Wildman–Crippen LogP) is 3.36. The first-order chi connectivity index (χ1) is 10.9. The van der Waals surface area contributed by atoms with E-state index in [1.807, 2.05) is 13.8 Å². The summed E-state index contributed by atoms with van der Waals surface area (Å²) in [6.45, 7) is 3.93. The zero-order valence-electron chi connectivity index (χ0n) is 12.5. The fourth-order valence-electron chi connectivity index (χ4n) is 1.72. The third-order valence-corrected chi connectivity index (χ3v) is 3.19. The Hall–Kier alpha value is -2.64. The molecule has 23 heavy (non-hydrogen) atoms. The van der Waals surface area contributed by atoms with Gasteiger partial charge in [0.2, 0.25) is 0 Å². The Morgan fingerprint density at radius 3 is 2.65 bits per heavy atom. The van der Waals surface area contributed by atoms with Crippen LogP contribution in [0.25, 0.3) is 0 Å². The van der Waals surface area contributed by atoms with Crippen LogP contribution in [0.2, 0.25) is 0 Å². The molecule has 1 aromatic carbocycles. The maximum atomic E-state index is 13.6. The Morgan fingerprint density at radius 2 is 1.96 bits per heavy atom. The van der Waals surface area contributed by atoms with Gasteiger partial charge in [-0.15, -0.1) is 0 Å². The number of anilines is 2. The number of rotatable bonds is 5. The Labute approximate surface area is 131 Å². The van der Waals surface area contributed by atoms with Crippen LogP contribution in [0, 0.1) is 17.5 Å². The summed E-state index contributed by atoms with van der Waals surface area (Å²) < 4.78 is 39.6. The summed E-state index contributed by atoms with van der Waals surface area (Å²) in [4.78, 5) is 19.8. The van der Waals surface area contributed by atoms with Crippen molar-refractivity contribution in [1.29, 1.82) is 0 Å². The summed E-state index contributed by atoms with van der Waals surface area (Å²) in [5.74, 6) is -4.77. The SMILES string of the molecule is CCC(C)Nc1cc(C(=O)Nc2ccc(F)c(F)c2F)ncn1. The molecular weight excluding hydrogens is 309 g/mol. The van der Waals surface area contributed by atoms with Gasteiger partial charge in [0, 0.05) is 12.1 Å². The van der Waals surface area contributed by atoms with E-state index in [1.165, 1.54) is 12.4 Å². The molecule has 0 spiro atoms. The number of nitrogens with one attached hydrogen (secondary N) is 2. The van der Waals surface area contributed by atoms with Gasteiger partial charge in [-0.25, -0.2) is 23.1 Å². The summed E-state index contributed by atoms with van der Waals surface area (Å²) in [7, 11) is 0. The van der Waals surface area contributed by atoms with Crippen molar-refractivity contribution in [3.05, 3.63) is 47.7 Å². The molecule has 0 aliphatic heterocycles. The number of carbonyl (C=O) groups is 1. The molecule has 0 fully saturated rings. The van der Waals surface area contributed by atoms with E-state index in [0.29, 0.717) is 5.82 Å². The first kappa shape index (κ1) is 16.7. The van der Waals surface area contributed by atoms with Crippen LogP contribution >= 0.6 is 0 Å². The number of nitrogens with zero attached hydrogens (tertiary/aromatic N) is 2. The topological polar surface area (TPSA) is 66.9 Å². The molecule has 1 unspecified atom stereocenters. The van der Waals surface area contributed by atoms with Crippen molar-refractivity contribution in [3.63, 3.8) is 0 Å². The van der Waals surface area contributed by atoms with Crippen LogP contribution in [0.4, 0.5) is 24.7 Å². The van der Waals surface area contributed by atoms with E-state index in [9.17, 15) is 18.0 Å². The Morgan fingerprint density at radius 1 is 1.22 bits per heavy atom. The zero-order valence-corrected chi connectivity index (χ0v) is 12.5. The van der Waals surface area contributed by atoms with Gasteiger partial charge in [-0.2, -0.15) is 0 Å². The van der Waals surface area contributed by atoms with Crippen molar-refractivity contribution < 1.29 is 18.0 Å². The lowest BCUT2D eigenvalue weighted by Gasteiger charge is -2.12. The maximum absolute atomic E-state index is 13.6. The molecule has 0 bridgehead atoms. The first-order valence-electron chi connectivity index (χ1n) is 6.95. The lowest BCUT2D eigenvalue weighted by atomic mass is 10.2. The van der Waals surface area contributed by atoms with Crippen molar-refractivity contribution in [2.24, 2.45) is 0 Å². The van der Waals surface area contributed by atoms with Gasteiger partial charge in [-0.1, -0.05) is 6.92 Å². The largest absolute Gasteiger partial charge is 0.368 e. The summed E-state index contributed by atoms with van der Waals surface area (Å²) in [6, 6.07) is 3.19. The quantitative estimate of drug-likeness (QED) is 0.828. The molecule has 2 N–H and O–H groups in total. The molecule has 0 aliphatic carbocycles. The second kappa shape index (κ2) is 7.08. The number of amides is 1. The highest BCUT2D eigenvalue weighted by Crippen LogP contribution is 2.20. The fourth-order valence-corrected chi connectivity index (χ4v) is 1.72. The third kappa shape index (κ3) is 3.97. The first-order valence-corrected chi connectivity index (χ1v) is 6.95. The van der Waals surface area contributed by atoms with Crippen molar-refractivity contribution >= 4 is 17.4 Å². The maximum Gasteiger partial charge on any atom is 0.274 e. The van der Waals surface area contributed by atoms with Crippen molar-refractivity contribution in [2.75, 3.05) is 10.6 Å². The number of aromatic nitrogens is 2. The van der Waals surface area contributed by atoms with Crippen LogP contribution in [0.3, 0.4) is 0 Å². The van der Waals surface area contributed by atoms with Crippen LogP contribution in [-0.4, -0.2) is 21.9 Å². The smallest absolute Gasteiger partial charge is 0.274 e. The van der Waals surface area contributed by atoms with Crippen molar-refractivity contribution in [2.45, 2.75) is 26.3 Å². The average Bonchev–Trinajstić information content (AvgIpc) is 2.55. The number of hydrogen-bond acceptors (Lipinski definition) is 4. The number of benzene rings is 1. The van der Waals surface area contributed by atoms with E-state index in [4.69, 9.17) is 0 Å². The molecule has 0 saturated carbocycles. The van der Waals surface area contributed by atoms with E-state index < -0.39 is 29.0 Å². The molecule has 5 nitrogen and oxygen atoms in total. The van der Waals surface area contributed by atoms with E-state index in [1.54, 1.807) is 0 Å². The van der Waals surface area contributed by atoms with E-state index in [2.05, 4.69) is 20.6 Å². The summed E-state index contributed by atoms with van der Waals surface area (Å²) in [5.41, 5.74) is -0.501. The molecule has 8 heteroatoms. The molecule has 0 radical (unpaired) electrons. The van der Waals surface area contributed by atoms with Crippen molar-refractivity contribution in [1.82, 2.24) is 9.97 Å². The van der Waals surface area contributed by atoms with Crippen LogP contribution in [0.1, 0.15) is 30.8 Å². The van der Waals surface area contributed by atoms with Crippen LogP contribution < -0.4 is 10.6 Å². The molecule has 0 saturated heterocycles. The van der Waals surface area contributed by atoms with E-state index in [-0.39, 0.29) is 11.7 Å². The van der Waals surface area contributed by atoms with E-state index >= 15 is 0 Å². The minimum atomic E-state index is -1.65. The van der Waals surface area contributed by atoms with Gasteiger partial charge in [-0.3, -0.25) is 4.79 Å². The van der Waals surface area contributed by atoms with Gasteiger partial charge < -0.3 is 10.6 Å². The Bertz CT molecular complexity index is 724. The summed E-state index contributed by atoms with van der Waals surface area (Å²) in [6.07, 6.45) is 2.03. The molecule has 122 valence electrons. The minimum Gasteiger partial charge on any atom is -0.368 e. The third-order valence-electron chi connectivity index (χ3n) is 3.19. The standard InChI is InChI=1S/C15H15F3N4O/c1-3-8(2)21-12-6-11(19-7-20-12)15(23)22-10-5-4-9(16)13(17)14(10)18/h4-8H,3H2,1-2H3,(H,22,23)(H,19,20,21). The molecule has 2 rings (SSSR count). The van der Waals surface area contributed by atoms with Gasteiger partial charge in [0.25, 0.3) is 5.91 Å². The monoisotopic (exact) mass is 324 g/mol. The van der Waals surface area contributed by atoms with Crippen LogP contribution in [0.15, 0.2) is 24.5 Å². The number of hydrogen-bond donors (Lipinski definition) is 2. The van der Waals surface area contributed by atoms with Crippen LogP contribution in [0.5, 0.6) is 0 Å². The van der Waals surface area contributed by atoms with Gasteiger partial charge >= 0.3 is 0 Å². The number of halogens is 3. The molecule has 1 atom stereocenters. The number of carbonyl (C=O) groups excluding carboxylic acids is 1. The lowest BCUT2D eigenvalue weighted by Crippen LogP contribution is -2.18. The van der Waals surface area contributed by atoms with Gasteiger partial charge in [0.15, 0.2) is 17.5 Å². The van der Waals surface area contributed by atoms with Gasteiger partial charge in [0.05, 0.1) is 5.69 Å². The highest BCUT2D eigenvalue weighted by molar-refractivity contribution is 6.03. The zero-order chi connectivity index (χ0) is 17.0. The van der Waals surface area contributed by atoms with E-state index in [0.717, 1.165) is 18.6 Å². The van der Waals surface area contributed by atoms with Crippen LogP contribution in [-0.2, 0) is 0 Å². The normalized spacial score (nSPS) is 11.9. The fraction of sp³-hybridized carbons (Fsp3) is 0.267.